The Bertz CT molecular complexity index is 821. The summed E-state index contributed by atoms with van der Waals surface area (Å²) in [4.78, 5) is 14.2. The summed E-state index contributed by atoms with van der Waals surface area (Å²) in [6.45, 7) is 0. The third-order valence-corrected chi connectivity index (χ3v) is 3.83. The van der Waals surface area contributed by atoms with Crippen LogP contribution in [-0.4, -0.2) is 20.0 Å². The molecule has 0 bridgehead atoms. The van der Waals surface area contributed by atoms with Gasteiger partial charge in [-0.25, -0.2) is 0 Å². The van der Waals surface area contributed by atoms with E-state index in [1.54, 1.807) is 30.3 Å². The van der Waals surface area contributed by atoms with Crippen molar-refractivity contribution in [2.45, 2.75) is 0 Å². The Morgan fingerprint density at radius 2 is 1.83 bits per heavy atom. The normalized spacial score (nSPS) is 10.9. The zero-order valence-electron chi connectivity index (χ0n) is 13.2. The lowest BCUT2D eigenvalue weighted by atomic mass is 10.1. The number of benzene rings is 2. The summed E-state index contributed by atoms with van der Waals surface area (Å²) in [6, 6.07) is 14.1. The smallest absolute Gasteiger partial charge is 0.266 e. The Morgan fingerprint density at radius 3 is 2.38 bits per heavy atom. The van der Waals surface area contributed by atoms with E-state index in [2.05, 4.69) is 5.32 Å². The van der Waals surface area contributed by atoms with Crippen molar-refractivity contribution >= 4 is 46.6 Å². The molecule has 24 heavy (non-hydrogen) atoms. The fourth-order valence-corrected chi connectivity index (χ4v) is 2.43. The number of nitrogens with one attached hydrogen (secondary N) is 1. The first kappa shape index (κ1) is 17.9. The Morgan fingerprint density at radius 1 is 1.17 bits per heavy atom. The third-order valence-electron chi connectivity index (χ3n) is 3.27. The van der Waals surface area contributed by atoms with Crippen LogP contribution in [0.3, 0.4) is 0 Å². The highest BCUT2D eigenvalue weighted by atomic mass is 35.5. The molecule has 2 aromatic rings. The van der Waals surface area contributed by atoms with Crippen molar-refractivity contribution in [3.63, 3.8) is 0 Å². The predicted molar refractivity (Wildman–Crippen MR) is 99.5 cm³/mol. The average Bonchev–Trinajstić information content (AvgIpc) is 2.54. The average molecular weight is 360 g/mol. The lowest BCUT2D eigenvalue weighted by Crippen LogP contribution is -2.14. The largest absolute Gasteiger partial charge is 0.378 e. The molecule has 0 spiro atoms. The molecule has 0 aliphatic carbocycles. The van der Waals surface area contributed by atoms with Crippen molar-refractivity contribution in [3.8, 4) is 6.07 Å². The number of nitriles is 1. The Hall–Kier alpha value is -2.48. The number of carbonyl (C=O) groups is 1. The topological polar surface area (TPSA) is 56.1 Å². The van der Waals surface area contributed by atoms with Gasteiger partial charge >= 0.3 is 0 Å². The van der Waals surface area contributed by atoms with Crippen molar-refractivity contribution in [2.75, 3.05) is 24.3 Å². The number of amides is 1. The summed E-state index contributed by atoms with van der Waals surface area (Å²) < 4.78 is 0. The zero-order chi connectivity index (χ0) is 17.7. The van der Waals surface area contributed by atoms with E-state index in [0.717, 1.165) is 5.69 Å². The minimum Gasteiger partial charge on any atom is -0.378 e. The molecule has 0 aliphatic rings. The number of halogens is 2. The Labute approximate surface area is 150 Å². The van der Waals surface area contributed by atoms with Crippen molar-refractivity contribution < 1.29 is 4.79 Å². The fourth-order valence-electron chi connectivity index (χ4n) is 1.96. The quantitative estimate of drug-likeness (QED) is 0.640. The van der Waals surface area contributed by atoms with Crippen LogP contribution in [0.4, 0.5) is 11.4 Å². The summed E-state index contributed by atoms with van der Waals surface area (Å²) in [6.07, 6.45) is 1.43. The molecule has 122 valence electrons. The van der Waals surface area contributed by atoms with Gasteiger partial charge in [0.15, 0.2) is 0 Å². The van der Waals surface area contributed by atoms with Crippen molar-refractivity contribution in [1.29, 1.82) is 5.26 Å². The van der Waals surface area contributed by atoms with E-state index in [1.807, 2.05) is 37.2 Å². The van der Waals surface area contributed by atoms with Crippen molar-refractivity contribution in [1.82, 2.24) is 0 Å². The van der Waals surface area contributed by atoms with E-state index >= 15 is 0 Å². The van der Waals surface area contributed by atoms with Crippen LogP contribution in [0.5, 0.6) is 0 Å². The molecule has 0 atom stereocenters. The number of hydrogen-bond donors (Lipinski definition) is 1. The molecule has 0 aromatic heterocycles. The van der Waals surface area contributed by atoms with Gasteiger partial charge in [-0.15, -0.1) is 0 Å². The van der Waals surface area contributed by atoms with E-state index in [9.17, 15) is 10.1 Å². The first-order valence-corrected chi connectivity index (χ1v) is 7.82. The maximum atomic E-state index is 12.3. The van der Waals surface area contributed by atoms with E-state index in [1.165, 1.54) is 6.08 Å². The van der Waals surface area contributed by atoms with Crippen LogP contribution >= 0.6 is 23.2 Å². The molecular formula is C18H15Cl2N3O. The molecule has 1 N–H and O–H groups in total. The molecule has 0 aliphatic heterocycles. The van der Waals surface area contributed by atoms with Crippen LogP contribution in [0, 0.1) is 11.3 Å². The highest BCUT2D eigenvalue weighted by molar-refractivity contribution is 6.35. The third kappa shape index (κ3) is 4.51. The molecule has 0 unspecified atom stereocenters. The van der Waals surface area contributed by atoms with Crippen molar-refractivity contribution in [3.05, 3.63) is 63.6 Å². The number of anilines is 2. The van der Waals surface area contributed by atoms with Gasteiger partial charge in [-0.1, -0.05) is 29.3 Å². The van der Waals surface area contributed by atoms with E-state index < -0.39 is 5.91 Å². The second-order valence-electron chi connectivity index (χ2n) is 5.23. The maximum Gasteiger partial charge on any atom is 0.266 e. The molecule has 1 amide bonds. The summed E-state index contributed by atoms with van der Waals surface area (Å²) in [5.74, 6) is -0.499. The second kappa shape index (κ2) is 7.87. The highest BCUT2D eigenvalue weighted by Crippen LogP contribution is 2.23. The molecule has 2 aromatic carbocycles. The molecule has 4 nitrogen and oxygen atoms in total. The molecular weight excluding hydrogens is 345 g/mol. The van der Waals surface area contributed by atoms with Gasteiger partial charge in [-0.2, -0.15) is 5.26 Å². The second-order valence-corrected chi connectivity index (χ2v) is 6.07. The van der Waals surface area contributed by atoms with Crippen LogP contribution in [0.25, 0.3) is 6.08 Å². The Kier molecular flexibility index (Phi) is 5.86. The monoisotopic (exact) mass is 359 g/mol. The summed E-state index contributed by atoms with van der Waals surface area (Å²) in [5, 5.41) is 12.8. The van der Waals surface area contributed by atoms with Gasteiger partial charge in [0.25, 0.3) is 5.91 Å². The van der Waals surface area contributed by atoms with Gasteiger partial charge in [-0.05, 0) is 48.0 Å². The van der Waals surface area contributed by atoms with Gasteiger partial charge < -0.3 is 10.2 Å². The summed E-state index contributed by atoms with van der Waals surface area (Å²) >= 11 is 11.9. The Balaban J connectivity index is 2.19. The standard InChI is InChI=1S/C18H15Cl2N3O/c1-23(2)16-7-5-15(6-8-16)22-18(24)13(11-21)9-12-3-4-14(19)10-17(12)20/h3-10H,1-2H3,(H,22,24)/b13-9-. The number of carbonyl (C=O) groups excluding carboxylic acids is 1. The molecule has 0 fully saturated rings. The lowest BCUT2D eigenvalue weighted by Gasteiger charge is -2.13. The van der Waals surface area contributed by atoms with Crippen LogP contribution in [0.15, 0.2) is 48.0 Å². The van der Waals surface area contributed by atoms with Gasteiger partial charge in [0, 0.05) is 35.5 Å². The SMILES string of the molecule is CN(C)c1ccc(NC(=O)/C(C#N)=C\c2ccc(Cl)cc2Cl)cc1. The summed E-state index contributed by atoms with van der Waals surface area (Å²) in [5.41, 5.74) is 2.12. The van der Waals surface area contributed by atoms with Crippen LogP contribution in [-0.2, 0) is 4.79 Å². The molecule has 6 heteroatoms. The van der Waals surface area contributed by atoms with Crippen LogP contribution < -0.4 is 10.2 Å². The number of rotatable bonds is 4. The van der Waals surface area contributed by atoms with E-state index in [0.29, 0.717) is 21.3 Å². The maximum absolute atomic E-state index is 12.3. The van der Waals surface area contributed by atoms with E-state index in [4.69, 9.17) is 23.2 Å². The first-order valence-electron chi connectivity index (χ1n) is 7.06. The molecule has 0 radical (unpaired) electrons. The van der Waals surface area contributed by atoms with Crippen LogP contribution in [0.1, 0.15) is 5.56 Å². The lowest BCUT2D eigenvalue weighted by molar-refractivity contribution is -0.112. The predicted octanol–water partition coefficient (Wildman–Crippen LogP) is 4.61. The van der Waals surface area contributed by atoms with Gasteiger partial charge in [0.2, 0.25) is 0 Å². The number of nitrogens with zero attached hydrogens (tertiary/aromatic N) is 2. The fraction of sp³-hybridized carbons (Fsp3) is 0.111. The highest BCUT2D eigenvalue weighted by Gasteiger charge is 2.11. The van der Waals surface area contributed by atoms with Gasteiger partial charge in [0.05, 0.1) is 0 Å². The first-order chi connectivity index (χ1) is 11.4. The molecule has 0 heterocycles. The summed E-state index contributed by atoms with van der Waals surface area (Å²) in [7, 11) is 3.86. The van der Waals surface area contributed by atoms with Gasteiger partial charge in [-0.3, -0.25) is 4.79 Å². The molecule has 2 rings (SSSR count). The van der Waals surface area contributed by atoms with E-state index in [-0.39, 0.29) is 5.57 Å². The minimum atomic E-state index is -0.499. The minimum absolute atomic E-state index is 0.0455. The zero-order valence-corrected chi connectivity index (χ0v) is 14.7. The van der Waals surface area contributed by atoms with Crippen LogP contribution in [0.2, 0.25) is 10.0 Å². The van der Waals surface area contributed by atoms with Gasteiger partial charge in [0.1, 0.15) is 11.6 Å². The molecule has 0 saturated carbocycles. The molecule has 0 saturated heterocycles. The number of hydrogen-bond acceptors (Lipinski definition) is 3. The van der Waals surface area contributed by atoms with Crippen molar-refractivity contribution in [2.24, 2.45) is 0 Å².